The molecule has 0 atom stereocenters. The van der Waals surface area contributed by atoms with Gasteiger partial charge in [-0.1, -0.05) is 11.6 Å². The highest BCUT2D eigenvalue weighted by Gasteiger charge is 2.12. The Balaban J connectivity index is 2.17. The van der Waals surface area contributed by atoms with Crippen LogP contribution in [0.3, 0.4) is 0 Å². The van der Waals surface area contributed by atoms with Gasteiger partial charge in [-0.3, -0.25) is 0 Å². The molecule has 0 saturated heterocycles. The standard InChI is InChI=1S/C12H10ClN3O2S/c13-9-3-7(14)1-2-11(9)19-5-10-8(12(17)18)4-15-6-16-10/h1-4,6H,5,14H2,(H,17,18). The summed E-state index contributed by atoms with van der Waals surface area (Å²) in [5.41, 5.74) is 6.75. The number of hydrogen-bond acceptors (Lipinski definition) is 5. The lowest BCUT2D eigenvalue weighted by atomic mass is 10.2. The quantitative estimate of drug-likeness (QED) is 0.666. The van der Waals surface area contributed by atoms with E-state index in [1.165, 1.54) is 24.3 Å². The zero-order chi connectivity index (χ0) is 13.8. The molecule has 3 N–H and O–H groups in total. The molecule has 0 saturated carbocycles. The number of carboxylic acid groups (broad SMARTS) is 1. The van der Waals surface area contributed by atoms with Crippen LogP contribution >= 0.6 is 23.4 Å². The van der Waals surface area contributed by atoms with E-state index in [2.05, 4.69) is 9.97 Å². The molecule has 5 nitrogen and oxygen atoms in total. The van der Waals surface area contributed by atoms with Crippen LogP contribution in [0.5, 0.6) is 0 Å². The number of nitrogens with zero attached hydrogens (tertiary/aromatic N) is 2. The molecule has 1 aromatic heterocycles. The number of carbonyl (C=O) groups is 1. The number of nitrogens with two attached hydrogens (primary N) is 1. The second-order valence-corrected chi connectivity index (χ2v) is 5.09. The first-order valence-electron chi connectivity index (χ1n) is 5.28. The first kappa shape index (κ1) is 13.6. The number of aromatic carboxylic acids is 1. The Hall–Kier alpha value is -1.79. The first-order chi connectivity index (χ1) is 9.08. The number of nitrogen functional groups attached to an aromatic ring is 1. The molecule has 0 radical (unpaired) electrons. The van der Waals surface area contributed by atoms with Gasteiger partial charge in [0.05, 0.1) is 10.7 Å². The summed E-state index contributed by atoms with van der Waals surface area (Å²) in [5, 5.41) is 9.56. The van der Waals surface area contributed by atoms with E-state index >= 15 is 0 Å². The molecule has 2 aromatic rings. The summed E-state index contributed by atoms with van der Waals surface area (Å²) in [4.78, 5) is 19.5. The maximum Gasteiger partial charge on any atom is 0.339 e. The summed E-state index contributed by atoms with van der Waals surface area (Å²) in [6.07, 6.45) is 2.61. The molecule has 0 fully saturated rings. The maximum atomic E-state index is 11.0. The number of thioether (sulfide) groups is 1. The van der Waals surface area contributed by atoms with E-state index in [0.717, 1.165) is 4.90 Å². The van der Waals surface area contributed by atoms with Crippen molar-refractivity contribution in [3.8, 4) is 0 Å². The van der Waals surface area contributed by atoms with Gasteiger partial charge in [0.2, 0.25) is 0 Å². The third-order valence-corrected chi connectivity index (χ3v) is 3.86. The molecule has 0 unspecified atom stereocenters. The number of halogens is 1. The van der Waals surface area contributed by atoms with E-state index in [0.29, 0.717) is 22.2 Å². The smallest absolute Gasteiger partial charge is 0.339 e. The van der Waals surface area contributed by atoms with Gasteiger partial charge >= 0.3 is 5.97 Å². The summed E-state index contributed by atoms with van der Waals surface area (Å²) in [7, 11) is 0. The first-order valence-corrected chi connectivity index (χ1v) is 6.64. The molecule has 0 aliphatic heterocycles. The molecular formula is C12H10ClN3O2S. The molecule has 0 amide bonds. The van der Waals surface area contributed by atoms with Gasteiger partial charge in [0, 0.05) is 22.5 Å². The SMILES string of the molecule is Nc1ccc(SCc2ncncc2C(=O)O)c(Cl)c1. The Morgan fingerprint density at radius 3 is 2.95 bits per heavy atom. The summed E-state index contributed by atoms with van der Waals surface area (Å²) in [5.74, 6) is -0.645. The van der Waals surface area contributed by atoms with Crippen LogP contribution in [0.4, 0.5) is 5.69 Å². The number of anilines is 1. The number of carboxylic acids is 1. The van der Waals surface area contributed by atoms with E-state index in [1.807, 2.05) is 0 Å². The predicted molar refractivity (Wildman–Crippen MR) is 74.4 cm³/mol. The number of hydrogen-bond donors (Lipinski definition) is 2. The van der Waals surface area contributed by atoms with Crippen LogP contribution in [0.2, 0.25) is 5.02 Å². The number of aromatic nitrogens is 2. The normalized spacial score (nSPS) is 10.4. The molecule has 0 spiro atoms. The Bertz CT molecular complexity index is 622. The molecule has 19 heavy (non-hydrogen) atoms. The molecule has 98 valence electrons. The van der Waals surface area contributed by atoms with Crippen molar-refractivity contribution in [3.63, 3.8) is 0 Å². The molecule has 1 heterocycles. The third-order valence-electron chi connectivity index (χ3n) is 2.35. The summed E-state index contributed by atoms with van der Waals surface area (Å²) in [6, 6.07) is 5.19. The van der Waals surface area contributed by atoms with Gasteiger partial charge in [-0.15, -0.1) is 11.8 Å². The Morgan fingerprint density at radius 2 is 2.26 bits per heavy atom. The minimum atomic E-state index is -1.04. The topological polar surface area (TPSA) is 89.1 Å². The van der Waals surface area contributed by atoms with Crippen molar-refractivity contribution in [3.05, 3.63) is 47.0 Å². The number of rotatable bonds is 4. The number of benzene rings is 1. The average Bonchev–Trinajstić information content (AvgIpc) is 2.38. The lowest BCUT2D eigenvalue weighted by molar-refractivity contribution is 0.0695. The predicted octanol–water partition coefficient (Wildman–Crippen LogP) is 2.70. The zero-order valence-electron chi connectivity index (χ0n) is 9.71. The van der Waals surface area contributed by atoms with Crippen LogP contribution in [-0.2, 0) is 5.75 Å². The minimum absolute atomic E-state index is 0.0987. The summed E-state index contributed by atoms with van der Waals surface area (Å²) >= 11 is 7.45. The third kappa shape index (κ3) is 3.36. The van der Waals surface area contributed by atoms with Crippen LogP contribution in [0.25, 0.3) is 0 Å². The monoisotopic (exact) mass is 295 g/mol. The van der Waals surface area contributed by atoms with E-state index in [-0.39, 0.29) is 5.56 Å². The molecule has 0 bridgehead atoms. The van der Waals surface area contributed by atoms with Crippen LogP contribution in [0, 0.1) is 0 Å². The molecule has 0 aliphatic carbocycles. The van der Waals surface area contributed by atoms with E-state index < -0.39 is 5.97 Å². The van der Waals surface area contributed by atoms with Gasteiger partial charge in [0.15, 0.2) is 0 Å². The summed E-state index contributed by atoms with van der Waals surface area (Å²) < 4.78 is 0. The van der Waals surface area contributed by atoms with Crippen molar-refractivity contribution < 1.29 is 9.90 Å². The van der Waals surface area contributed by atoms with Gasteiger partial charge in [-0.05, 0) is 18.2 Å². The van der Waals surface area contributed by atoms with E-state index in [4.69, 9.17) is 22.4 Å². The fourth-order valence-corrected chi connectivity index (χ4v) is 2.66. The largest absolute Gasteiger partial charge is 0.478 e. The lowest BCUT2D eigenvalue weighted by Crippen LogP contribution is -2.04. The molecule has 0 aliphatic rings. The summed E-state index contributed by atoms with van der Waals surface area (Å²) in [6.45, 7) is 0. The Morgan fingerprint density at radius 1 is 1.47 bits per heavy atom. The van der Waals surface area contributed by atoms with Crippen LogP contribution < -0.4 is 5.73 Å². The highest BCUT2D eigenvalue weighted by molar-refractivity contribution is 7.98. The fraction of sp³-hybridized carbons (Fsp3) is 0.0833. The lowest BCUT2D eigenvalue weighted by Gasteiger charge is -2.06. The highest BCUT2D eigenvalue weighted by atomic mass is 35.5. The van der Waals surface area contributed by atoms with Gasteiger partial charge in [-0.2, -0.15) is 0 Å². The second kappa shape index (κ2) is 5.90. The Kier molecular flexibility index (Phi) is 4.24. The van der Waals surface area contributed by atoms with Crippen LogP contribution in [-0.4, -0.2) is 21.0 Å². The van der Waals surface area contributed by atoms with Crippen molar-refractivity contribution >= 4 is 35.0 Å². The van der Waals surface area contributed by atoms with Crippen LogP contribution in [0.1, 0.15) is 16.1 Å². The Labute approximate surface area is 118 Å². The van der Waals surface area contributed by atoms with Gasteiger partial charge in [0.1, 0.15) is 11.9 Å². The molecular weight excluding hydrogens is 286 g/mol. The molecule has 7 heteroatoms. The molecule has 2 rings (SSSR count). The van der Waals surface area contributed by atoms with Crippen LogP contribution in [0.15, 0.2) is 35.6 Å². The van der Waals surface area contributed by atoms with E-state index in [1.54, 1.807) is 18.2 Å². The highest BCUT2D eigenvalue weighted by Crippen LogP contribution is 2.31. The minimum Gasteiger partial charge on any atom is -0.478 e. The van der Waals surface area contributed by atoms with Crippen molar-refractivity contribution in [2.45, 2.75) is 10.6 Å². The van der Waals surface area contributed by atoms with Crippen molar-refractivity contribution in [2.24, 2.45) is 0 Å². The van der Waals surface area contributed by atoms with Crippen molar-refractivity contribution in [1.29, 1.82) is 0 Å². The zero-order valence-corrected chi connectivity index (χ0v) is 11.3. The van der Waals surface area contributed by atoms with Gasteiger partial charge in [-0.25, -0.2) is 14.8 Å². The van der Waals surface area contributed by atoms with E-state index in [9.17, 15) is 4.79 Å². The van der Waals surface area contributed by atoms with Crippen molar-refractivity contribution in [2.75, 3.05) is 5.73 Å². The second-order valence-electron chi connectivity index (χ2n) is 3.67. The average molecular weight is 296 g/mol. The molecule has 1 aromatic carbocycles. The van der Waals surface area contributed by atoms with Gasteiger partial charge in [0.25, 0.3) is 0 Å². The fourth-order valence-electron chi connectivity index (χ4n) is 1.43. The van der Waals surface area contributed by atoms with Crippen molar-refractivity contribution in [1.82, 2.24) is 9.97 Å². The maximum absolute atomic E-state index is 11.0. The van der Waals surface area contributed by atoms with Gasteiger partial charge < -0.3 is 10.8 Å².